The molecule has 2 aliphatic rings. The van der Waals surface area contributed by atoms with Gasteiger partial charge in [0.05, 0.1) is 6.54 Å². The molecule has 6 heteroatoms. The molecule has 2 fully saturated rings. The van der Waals surface area contributed by atoms with Crippen LogP contribution in [0, 0.1) is 5.82 Å². The minimum atomic E-state index is -0.460. The minimum Gasteiger partial charge on any atom is -0.343 e. The molecule has 24 heavy (non-hydrogen) atoms. The summed E-state index contributed by atoms with van der Waals surface area (Å²) in [5, 5.41) is 2.61. The van der Waals surface area contributed by atoms with E-state index in [0.29, 0.717) is 6.04 Å². The van der Waals surface area contributed by atoms with E-state index in [0.717, 1.165) is 32.4 Å². The Bertz CT molecular complexity index is 622. The number of likely N-dealkylation sites (N-methyl/N-ethyl adjacent to an activating group) is 1. The Kier molecular flexibility index (Phi) is 5.14. The van der Waals surface area contributed by atoms with Gasteiger partial charge in [-0.15, -0.1) is 0 Å². The van der Waals surface area contributed by atoms with Crippen LogP contribution in [0.15, 0.2) is 24.3 Å². The third-order valence-electron chi connectivity index (χ3n) is 5.13. The van der Waals surface area contributed by atoms with Gasteiger partial charge in [-0.1, -0.05) is 6.07 Å². The highest BCUT2D eigenvalue weighted by atomic mass is 19.1. The number of hydrogen-bond acceptors (Lipinski definition) is 3. The summed E-state index contributed by atoms with van der Waals surface area (Å²) in [6.45, 7) is 1.80. The van der Waals surface area contributed by atoms with Gasteiger partial charge in [0.1, 0.15) is 5.82 Å². The molecule has 2 unspecified atom stereocenters. The van der Waals surface area contributed by atoms with E-state index in [1.165, 1.54) is 30.7 Å². The Labute approximate surface area is 141 Å². The Morgan fingerprint density at radius 2 is 1.96 bits per heavy atom. The van der Waals surface area contributed by atoms with Gasteiger partial charge in [0, 0.05) is 24.2 Å². The van der Waals surface area contributed by atoms with Crippen LogP contribution in [0.4, 0.5) is 4.39 Å². The first-order valence-corrected chi connectivity index (χ1v) is 8.60. The molecule has 0 spiro atoms. The van der Waals surface area contributed by atoms with Gasteiger partial charge >= 0.3 is 0 Å². The molecule has 2 amide bonds. The van der Waals surface area contributed by atoms with Crippen molar-refractivity contribution in [3.8, 4) is 0 Å². The second-order valence-electron chi connectivity index (χ2n) is 6.68. The lowest BCUT2D eigenvalue weighted by atomic mass is 10.0. The van der Waals surface area contributed by atoms with Crippen LogP contribution in [-0.2, 0) is 4.79 Å². The number of rotatable bonds is 4. The quantitative estimate of drug-likeness (QED) is 0.911. The largest absolute Gasteiger partial charge is 0.343 e. The Balaban J connectivity index is 1.57. The Morgan fingerprint density at radius 1 is 1.21 bits per heavy atom. The molecule has 2 atom stereocenters. The lowest BCUT2D eigenvalue weighted by Crippen LogP contribution is -2.49. The fraction of sp³-hybridized carbons (Fsp3) is 0.556. The van der Waals surface area contributed by atoms with Crippen LogP contribution in [0.5, 0.6) is 0 Å². The zero-order chi connectivity index (χ0) is 17.1. The van der Waals surface area contributed by atoms with Crippen LogP contribution in [0.25, 0.3) is 0 Å². The highest BCUT2D eigenvalue weighted by Crippen LogP contribution is 2.28. The standard InChI is InChI=1S/C18H24FN3O2/c1-21-9-3-7-15(21)16-8-4-10-22(16)17(23)12-20-18(24)13-5-2-6-14(19)11-13/h2,5-6,11,15-16H,3-4,7-10,12H2,1H3,(H,20,24). The van der Waals surface area contributed by atoms with Crippen LogP contribution in [0.1, 0.15) is 36.0 Å². The molecule has 5 nitrogen and oxygen atoms in total. The number of benzene rings is 1. The van der Waals surface area contributed by atoms with Crippen molar-refractivity contribution in [1.29, 1.82) is 0 Å². The monoisotopic (exact) mass is 333 g/mol. The van der Waals surface area contributed by atoms with Gasteiger partial charge in [0.2, 0.25) is 5.91 Å². The summed E-state index contributed by atoms with van der Waals surface area (Å²) in [4.78, 5) is 28.8. The van der Waals surface area contributed by atoms with Gasteiger partial charge in [0.15, 0.2) is 0 Å². The maximum absolute atomic E-state index is 13.2. The van der Waals surface area contributed by atoms with Crippen molar-refractivity contribution >= 4 is 11.8 Å². The van der Waals surface area contributed by atoms with Crippen LogP contribution in [0.2, 0.25) is 0 Å². The third-order valence-corrected chi connectivity index (χ3v) is 5.13. The fourth-order valence-electron chi connectivity index (χ4n) is 3.91. The van der Waals surface area contributed by atoms with E-state index in [9.17, 15) is 14.0 Å². The molecule has 0 aliphatic carbocycles. The molecule has 0 radical (unpaired) electrons. The number of nitrogens with one attached hydrogen (secondary N) is 1. The number of likely N-dealkylation sites (tertiary alicyclic amines) is 2. The summed E-state index contributed by atoms with van der Waals surface area (Å²) in [6.07, 6.45) is 4.34. The van der Waals surface area contributed by atoms with Gasteiger partial charge in [0.25, 0.3) is 5.91 Å². The smallest absolute Gasteiger partial charge is 0.251 e. The lowest BCUT2D eigenvalue weighted by Gasteiger charge is -2.33. The Hall–Kier alpha value is -1.95. The molecular weight excluding hydrogens is 309 g/mol. The summed E-state index contributed by atoms with van der Waals surface area (Å²) in [5.41, 5.74) is 0.233. The normalized spacial score (nSPS) is 24.3. The predicted molar refractivity (Wildman–Crippen MR) is 89.1 cm³/mol. The first kappa shape index (κ1) is 16.9. The zero-order valence-electron chi connectivity index (χ0n) is 14.0. The SMILES string of the molecule is CN1CCCC1C1CCCN1C(=O)CNC(=O)c1cccc(F)c1. The molecule has 2 heterocycles. The number of amides is 2. The van der Waals surface area contributed by atoms with E-state index in [1.54, 1.807) is 0 Å². The molecule has 130 valence electrons. The van der Waals surface area contributed by atoms with Crippen molar-refractivity contribution in [3.05, 3.63) is 35.6 Å². The second-order valence-corrected chi connectivity index (χ2v) is 6.68. The topological polar surface area (TPSA) is 52.6 Å². The van der Waals surface area contributed by atoms with E-state index in [-0.39, 0.29) is 24.1 Å². The molecule has 2 aliphatic heterocycles. The molecule has 1 N–H and O–H groups in total. The van der Waals surface area contributed by atoms with E-state index < -0.39 is 11.7 Å². The molecular formula is C18H24FN3O2. The van der Waals surface area contributed by atoms with Crippen molar-refractivity contribution in [1.82, 2.24) is 15.1 Å². The van der Waals surface area contributed by atoms with Gasteiger partial charge in [-0.25, -0.2) is 4.39 Å². The van der Waals surface area contributed by atoms with Gasteiger partial charge in [-0.05, 0) is 57.5 Å². The number of hydrogen-bond donors (Lipinski definition) is 1. The number of nitrogens with zero attached hydrogens (tertiary/aromatic N) is 2. The van der Waals surface area contributed by atoms with Crippen LogP contribution >= 0.6 is 0 Å². The van der Waals surface area contributed by atoms with Crippen molar-refractivity contribution in [3.63, 3.8) is 0 Å². The summed E-state index contributed by atoms with van der Waals surface area (Å²) >= 11 is 0. The van der Waals surface area contributed by atoms with Gasteiger partial charge < -0.3 is 15.1 Å². The maximum atomic E-state index is 13.2. The average molecular weight is 333 g/mol. The first-order valence-electron chi connectivity index (χ1n) is 8.60. The van der Waals surface area contributed by atoms with Crippen LogP contribution in [0.3, 0.4) is 0 Å². The van der Waals surface area contributed by atoms with Crippen LogP contribution < -0.4 is 5.32 Å². The second kappa shape index (κ2) is 7.30. The summed E-state index contributed by atoms with van der Waals surface area (Å²) in [5.74, 6) is -0.933. The number of carbonyl (C=O) groups excluding carboxylic acids is 2. The molecule has 1 aromatic rings. The minimum absolute atomic E-state index is 0.0394. The van der Waals surface area contributed by atoms with E-state index in [1.807, 2.05) is 4.90 Å². The van der Waals surface area contributed by atoms with E-state index in [2.05, 4.69) is 17.3 Å². The molecule has 2 saturated heterocycles. The van der Waals surface area contributed by atoms with Gasteiger partial charge in [-0.2, -0.15) is 0 Å². The van der Waals surface area contributed by atoms with Crippen molar-refractivity contribution in [2.75, 3.05) is 26.7 Å². The highest BCUT2D eigenvalue weighted by molar-refractivity contribution is 5.96. The predicted octanol–water partition coefficient (Wildman–Crippen LogP) is 1.64. The molecule has 0 aromatic heterocycles. The van der Waals surface area contributed by atoms with Crippen molar-refractivity contribution in [2.24, 2.45) is 0 Å². The van der Waals surface area contributed by atoms with Crippen molar-refractivity contribution < 1.29 is 14.0 Å². The summed E-state index contributed by atoms with van der Waals surface area (Å²) < 4.78 is 13.2. The maximum Gasteiger partial charge on any atom is 0.251 e. The fourth-order valence-corrected chi connectivity index (χ4v) is 3.91. The first-order chi connectivity index (χ1) is 11.6. The van der Waals surface area contributed by atoms with Gasteiger partial charge in [-0.3, -0.25) is 9.59 Å². The molecule has 0 bridgehead atoms. The molecule has 0 saturated carbocycles. The zero-order valence-corrected chi connectivity index (χ0v) is 14.0. The van der Waals surface area contributed by atoms with Crippen molar-refractivity contribution in [2.45, 2.75) is 37.8 Å². The molecule has 1 aromatic carbocycles. The number of carbonyl (C=O) groups is 2. The Morgan fingerprint density at radius 3 is 2.67 bits per heavy atom. The van der Waals surface area contributed by atoms with E-state index >= 15 is 0 Å². The number of halogens is 1. The average Bonchev–Trinajstić information content (AvgIpc) is 3.20. The highest BCUT2D eigenvalue weighted by Gasteiger charge is 2.38. The lowest BCUT2D eigenvalue weighted by molar-refractivity contribution is -0.131. The summed E-state index contributed by atoms with van der Waals surface area (Å²) in [7, 11) is 2.12. The van der Waals surface area contributed by atoms with E-state index in [4.69, 9.17) is 0 Å². The third kappa shape index (κ3) is 3.59. The summed E-state index contributed by atoms with van der Waals surface area (Å²) in [6, 6.07) is 6.15. The molecule has 3 rings (SSSR count). The van der Waals surface area contributed by atoms with Crippen LogP contribution in [-0.4, -0.2) is 60.4 Å².